The maximum Gasteiger partial charge on any atom is 0.283 e. The van der Waals surface area contributed by atoms with E-state index in [-0.39, 0.29) is 4.90 Å². The molecule has 0 saturated heterocycles. The third-order valence-corrected chi connectivity index (χ3v) is 4.80. The van der Waals surface area contributed by atoms with Gasteiger partial charge in [0.1, 0.15) is 6.34 Å². The van der Waals surface area contributed by atoms with Crippen LogP contribution in [0.15, 0.2) is 39.6 Å². The van der Waals surface area contributed by atoms with E-state index in [0.29, 0.717) is 6.04 Å². The van der Waals surface area contributed by atoms with Crippen LogP contribution in [-0.2, 0) is 10.0 Å². The van der Waals surface area contributed by atoms with Crippen molar-refractivity contribution in [3.63, 3.8) is 0 Å². The predicted octanol–water partition coefficient (Wildman–Crippen LogP) is 2.67. The van der Waals surface area contributed by atoms with Crippen molar-refractivity contribution in [1.29, 1.82) is 0 Å². The first kappa shape index (κ1) is 14.1. The van der Waals surface area contributed by atoms with E-state index in [1.54, 1.807) is 30.3 Å². The summed E-state index contributed by atoms with van der Waals surface area (Å²) in [6, 6.07) is 8.74. The van der Waals surface area contributed by atoms with Crippen LogP contribution in [-0.4, -0.2) is 32.7 Å². The summed E-state index contributed by atoms with van der Waals surface area (Å²) >= 11 is 0. The van der Waals surface area contributed by atoms with Crippen molar-refractivity contribution in [2.75, 3.05) is 7.05 Å². The standard InChI is InChI=1S/C14H20N2O2S/c1-16(13-8-4-2-5-9-13)12-15-19(17,18)14-10-6-3-7-11-14/h3,6-7,10-13H,2,4-5,8-9H2,1H3/b15-12+. The summed E-state index contributed by atoms with van der Waals surface area (Å²) in [5.74, 6) is 0. The van der Waals surface area contributed by atoms with Gasteiger partial charge in [-0.3, -0.25) is 0 Å². The lowest BCUT2D eigenvalue weighted by atomic mass is 9.95. The third kappa shape index (κ3) is 3.80. The number of hydrogen-bond acceptors (Lipinski definition) is 2. The van der Waals surface area contributed by atoms with Gasteiger partial charge in [-0.05, 0) is 25.0 Å². The van der Waals surface area contributed by atoms with Crippen LogP contribution in [0.25, 0.3) is 0 Å². The van der Waals surface area contributed by atoms with Gasteiger partial charge in [0, 0.05) is 13.1 Å². The van der Waals surface area contributed by atoms with Crippen molar-refractivity contribution < 1.29 is 8.42 Å². The highest BCUT2D eigenvalue weighted by Crippen LogP contribution is 2.21. The molecule has 0 N–H and O–H groups in total. The average molecular weight is 280 g/mol. The zero-order chi connectivity index (χ0) is 13.7. The van der Waals surface area contributed by atoms with Gasteiger partial charge in [-0.25, -0.2) is 0 Å². The molecule has 0 amide bonds. The number of benzene rings is 1. The van der Waals surface area contributed by atoms with Crippen LogP contribution in [0.3, 0.4) is 0 Å². The molecular weight excluding hydrogens is 260 g/mol. The second-order valence-electron chi connectivity index (χ2n) is 4.97. The van der Waals surface area contributed by atoms with Gasteiger partial charge in [-0.15, -0.1) is 4.40 Å². The fraction of sp³-hybridized carbons (Fsp3) is 0.500. The monoisotopic (exact) mass is 280 g/mol. The minimum absolute atomic E-state index is 0.239. The molecule has 1 fully saturated rings. The number of nitrogens with zero attached hydrogens (tertiary/aromatic N) is 2. The number of sulfonamides is 1. The predicted molar refractivity (Wildman–Crippen MR) is 76.8 cm³/mol. The minimum Gasteiger partial charge on any atom is -0.362 e. The van der Waals surface area contributed by atoms with E-state index in [9.17, 15) is 8.42 Å². The molecule has 0 bridgehead atoms. The van der Waals surface area contributed by atoms with Crippen LogP contribution in [0.1, 0.15) is 32.1 Å². The van der Waals surface area contributed by atoms with E-state index in [2.05, 4.69) is 4.40 Å². The lowest BCUT2D eigenvalue weighted by Crippen LogP contribution is -2.32. The van der Waals surface area contributed by atoms with Crippen LogP contribution in [0, 0.1) is 0 Å². The first-order valence-electron chi connectivity index (χ1n) is 6.67. The van der Waals surface area contributed by atoms with Crippen LogP contribution in [0.4, 0.5) is 0 Å². The first-order valence-corrected chi connectivity index (χ1v) is 8.11. The lowest BCUT2D eigenvalue weighted by Gasteiger charge is -2.29. The van der Waals surface area contributed by atoms with Gasteiger partial charge in [0.2, 0.25) is 0 Å². The number of hydrogen-bond donors (Lipinski definition) is 0. The molecule has 1 aromatic carbocycles. The Morgan fingerprint density at radius 2 is 1.79 bits per heavy atom. The van der Waals surface area contributed by atoms with Gasteiger partial charge in [-0.1, -0.05) is 37.5 Å². The van der Waals surface area contributed by atoms with Crippen LogP contribution in [0.5, 0.6) is 0 Å². The first-order chi connectivity index (χ1) is 9.09. The van der Waals surface area contributed by atoms with Crippen LogP contribution >= 0.6 is 0 Å². The molecule has 5 heteroatoms. The molecule has 0 atom stereocenters. The fourth-order valence-corrected chi connectivity index (χ4v) is 3.27. The molecule has 104 valence electrons. The van der Waals surface area contributed by atoms with E-state index >= 15 is 0 Å². The molecule has 1 aliphatic rings. The molecule has 0 spiro atoms. The maximum absolute atomic E-state index is 12.0. The molecule has 19 heavy (non-hydrogen) atoms. The minimum atomic E-state index is -3.57. The topological polar surface area (TPSA) is 49.7 Å². The third-order valence-electron chi connectivity index (χ3n) is 3.56. The van der Waals surface area contributed by atoms with Gasteiger partial charge in [0.25, 0.3) is 10.0 Å². The highest BCUT2D eigenvalue weighted by molar-refractivity contribution is 7.90. The normalized spacial score (nSPS) is 17.7. The highest BCUT2D eigenvalue weighted by Gasteiger charge is 2.17. The Morgan fingerprint density at radius 3 is 2.42 bits per heavy atom. The molecule has 0 aliphatic heterocycles. The summed E-state index contributed by atoms with van der Waals surface area (Å²) in [6.07, 6.45) is 7.41. The van der Waals surface area contributed by atoms with Crippen molar-refractivity contribution in [2.45, 2.75) is 43.0 Å². The highest BCUT2D eigenvalue weighted by atomic mass is 32.2. The fourth-order valence-electron chi connectivity index (χ4n) is 2.37. The molecule has 1 aliphatic carbocycles. The Morgan fingerprint density at radius 1 is 1.16 bits per heavy atom. The number of rotatable bonds is 4. The molecule has 0 aromatic heterocycles. The molecular formula is C14H20N2O2S. The Hall–Kier alpha value is -1.36. The Labute approximate surface area is 115 Å². The Balaban J connectivity index is 2.05. The van der Waals surface area contributed by atoms with Crippen molar-refractivity contribution in [3.8, 4) is 0 Å². The van der Waals surface area contributed by atoms with E-state index in [4.69, 9.17) is 0 Å². The second-order valence-corrected chi connectivity index (χ2v) is 6.60. The van der Waals surface area contributed by atoms with Crippen molar-refractivity contribution in [3.05, 3.63) is 30.3 Å². The van der Waals surface area contributed by atoms with E-state index in [0.717, 1.165) is 12.8 Å². The molecule has 4 nitrogen and oxygen atoms in total. The van der Waals surface area contributed by atoms with Gasteiger partial charge < -0.3 is 4.90 Å². The van der Waals surface area contributed by atoms with Crippen molar-refractivity contribution in [1.82, 2.24) is 4.90 Å². The molecule has 1 saturated carbocycles. The summed E-state index contributed by atoms with van der Waals surface area (Å²) < 4.78 is 27.8. The van der Waals surface area contributed by atoms with Crippen molar-refractivity contribution in [2.24, 2.45) is 4.40 Å². The van der Waals surface area contributed by atoms with Crippen LogP contribution in [0.2, 0.25) is 0 Å². The largest absolute Gasteiger partial charge is 0.362 e. The van der Waals surface area contributed by atoms with Gasteiger partial charge in [-0.2, -0.15) is 8.42 Å². The quantitative estimate of drug-likeness (QED) is 0.629. The van der Waals surface area contributed by atoms with Crippen molar-refractivity contribution >= 4 is 16.4 Å². The van der Waals surface area contributed by atoms with E-state index < -0.39 is 10.0 Å². The SMILES string of the molecule is CN(/C=N/S(=O)(=O)c1ccccc1)C1CCCCC1. The maximum atomic E-state index is 12.0. The summed E-state index contributed by atoms with van der Waals surface area (Å²) in [6.45, 7) is 0. The molecule has 2 rings (SSSR count). The Kier molecular flexibility index (Phi) is 4.58. The smallest absolute Gasteiger partial charge is 0.283 e. The lowest BCUT2D eigenvalue weighted by molar-refractivity contribution is 0.284. The molecule has 0 radical (unpaired) electrons. The molecule has 0 unspecified atom stereocenters. The van der Waals surface area contributed by atoms with Gasteiger partial charge in [0.15, 0.2) is 0 Å². The summed E-state index contributed by atoms with van der Waals surface area (Å²) in [4.78, 5) is 2.17. The zero-order valence-electron chi connectivity index (χ0n) is 11.2. The molecule has 0 heterocycles. The summed E-state index contributed by atoms with van der Waals surface area (Å²) in [5.41, 5.74) is 0. The van der Waals surface area contributed by atoms with Gasteiger partial charge in [0.05, 0.1) is 4.90 Å². The van der Waals surface area contributed by atoms with E-state index in [1.807, 2.05) is 11.9 Å². The average Bonchev–Trinajstić information content (AvgIpc) is 2.47. The second kappa shape index (κ2) is 6.19. The summed E-state index contributed by atoms with van der Waals surface area (Å²) in [7, 11) is -1.66. The Bertz CT molecular complexity index is 520. The van der Waals surface area contributed by atoms with Gasteiger partial charge >= 0.3 is 0 Å². The van der Waals surface area contributed by atoms with Crippen LogP contribution < -0.4 is 0 Å². The molecule has 1 aromatic rings. The zero-order valence-corrected chi connectivity index (χ0v) is 12.0. The summed E-state index contributed by atoms with van der Waals surface area (Å²) in [5, 5.41) is 0. The van der Waals surface area contributed by atoms with E-state index in [1.165, 1.54) is 25.6 Å².